The second-order valence-corrected chi connectivity index (χ2v) is 6.29. The molecule has 0 bridgehead atoms. The molecule has 1 aliphatic rings. The Labute approximate surface area is 122 Å². The Balaban J connectivity index is 1.82. The van der Waals surface area contributed by atoms with Crippen molar-refractivity contribution in [3.05, 3.63) is 51.2 Å². The first-order chi connectivity index (χ1) is 9.65. The van der Waals surface area contributed by atoms with Crippen LogP contribution >= 0.6 is 11.3 Å². The summed E-state index contributed by atoms with van der Waals surface area (Å²) in [5, 5.41) is 5.27. The Morgan fingerprint density at radius 2 is 2.25 bits per heavy atom. The second-order valence-electron chi connectivity index (χ2n) is 5.29. The van der Waals surface area contributed by atoms with E-state index in [4.69, 9.17) is 5.73 Å². The van der Waals surface area contributed by atoms with Gasteiger partial charge in [0.05, 0.1) is 6.04 Å². The van der Waals surface area contributed by atoms with Crippen LogP contribution < -0.4 is 11.1 Å². The van der Waals surface area contributed by atoms with Gasteiger partial charge < -0.3 is 11.1 Å². The number of benzene rings is 1. The third-order valence-corrected chi connectivity index (χ3v) is 4.86. The van der Waals surface area contributed by atoms with E-state index in [0.29, 0.717) is 11.3 Å². The summed E-state index contributed by atoms with van der Waals surface area (Å²) in [7, 11) is 0. The highest BCUT2D eigenvalue weighted by Gasteiger charge is 2.23. The van der Waals surface area contributed by atoms with E-state index >= 15 is 0 Å². The van der Waals surface area contributed by atoms with Gasteiger partial charge in [0.1, 0.15) is 0 Å². The Morgan fingerprint density at radius 1 is 1.40 bits per heavy atom. The van der Waals surface area contributed by atoms with E-state index in [0.717, 1.165) is 24.8 Å². The Bertz CT molecular complexity index is 648. The van der Waals surface area contributed by atoms with Crippen LogP contribution in [-0.4, -0.2) is 5.91 Å². The number of amides is 1. The zero-order chi connectivity index (χ0) is 14.1. The molecule has 0 fully saturated rings. The summed E-state index contributed by atoms with van der Waals surface area (Å²) in [6.45, 7) is 1.94. The number of carbonyl (C=O) groups is 1. The summed E-state index contributed by atoms with van der Waals surface area (Å²) >= 11 is 1.79. The van der Waals surface area contributed by atoms with Crippen LogP contribution in [0.1, 0.15) is 45.2 Å². The van der Waals surface area contributed by atoms with Crippen LogP contribution in [0.5, 0.6) is 0 Å². The summed E-state index contributed by atoms with van der Waals surface area (Å²) < 4.78 is 0. The topological polar surface area (TPSA) is 55.1 Å². The van der Waals surface area contributed by atoms with Gasteiger partial charge in [0.2, 0.25) is 0 Å². The molecule has 20 heavy (non-hydrogen) atoms. The molecule has 1 heterocycles. The molecule has 4 heteroatoms. The molecular formula is C16H18N2OS. The first-order valence-electron chi connectivity index (χ1n) is 6.88. The monoisotopic (exact) mass is 286 g/mol. The molecule has 1 amide bonds. The standard InChI is InChI=1S/C16H18N2OS/c1-10-5-6-11(17)9-13(10)16(19)18-14-3-2-4-15-12(14)7-8-20-15/h5-9,14H,2-4,17H2,1H3,(H,18,19). The molecule has 0 radical (unpaired) electrons. The van der Waals surface area contributed by atoms with E-state index < -0.39 is 0 Å². The highest BCUT2D eigenvalue weighted by atomic mass is 32.1. The molecule has 0 spiro atoms. The van der Waals surface area contributed by atoms with Crippen LogP contribution in [0.4, 0.5) is 5.69 Å². The van der Waals surface area contributed by atoms with Gasteiger partial charge in [-0.25, -0.2) is 0 Å². The molecule has 1 aromatic heterocycles. The SMILES string of the molecule is Cc1ccc(N)cc1C(=O)NC1CCCc2sccc21. The second kappa shape index (κ2) is 5.29. The number of hydrogen-bond acceptors (Lipinski definition) is 3. The van der Waals surface area contributed by atoms with Crippen molar-refractivity contribution in [3.63, 3.8) is 0 Å². The average molecular weight is 286 g/mol. The van der Waals surface area contributed by atoms with Crippen LogP contribution in [0, 0.1) is 6.92 Å². The number of aryl methyl sites for hydroxylation is 2. The molecule has 3 nitrogen and oxygen atoms in total. The fourth-order valence-corrected chi connectivity index (χ4v) is 3.74. The van der Waals surface area contributed by atoms with Crippen molar-refractivity contribution in [1.29, 1.82) is 0 Å². The van der Waals surface area contributed by atoms with E-state index in [9.17, 15) is 4.79 Å². The number of nitrogens with two attached hydrogens (primary N) is 1. The fourth-order valence-electron chi connectivity index (χ4n) is 2.76. The molecule has 1 atom stereocenters. The Morgan fingerprint density at radius 3 is 3.10 bits per heavy atom. The number of rotatable bonds is 2. The normalized spacial score (nSPS) is 17.6. The van der Waals surface area contributed by atoms with Gasteiger partial charge in [-0.2, -0.15) is 0 Å². The third-order valence-electron chi connectivity index (χ3n) is 3.86. The lowest BCUT2D eigenvalue weighted by Crippen LogP contribution is -2.30. The van der Waals surface area contributed by atoms with Crippen molar-refractivity contribution in [2.24, 2.45) is 0 Å². The first-order valence-corrected chi connectivity index (χ1v) is 7.76. The first kappa shape index (κ1) is 13.2. The molecule has 0 saturated carbocycles. The summed E-state index contributed by atoms with van der Waals surface area (Å²) in [5.41, 5.74) is 9.32. The number of thiophene rings is 1. The van der Waals surface area contributed by atoms with E-state index in [1.807, 2.05) is 19.1 Å². The maximum Gasteiger partial charge on any atom is 0.252 e. The zero-order valence-corrected chi connectivity index (χ0v) is 12.3. The van der Waals surface area contributed by atoms with Crippen molar-refractivity contribution in [3.8, 4) is 0 Å². The molecule has 0 saturated heterocycles. The number of anilines is 1. The van der Waals surface area contributed by atoms with Gasteiger partial charge >= 0.3 is 0 Å². The maximum atomic E-state index is 12.5. The summed E-state index contributed by atoms with van der Waals surface area (Å²) in [4.78, 5) is 13.9. The minimum Gasteiger partial charge on any atom is -0.399 e. The number of nitrogens with one attached hydrogen (secondary N) is 1. The lowest BCUT2D eigenvalue weighted by Gasteiger charge is -2.24. The van der Waals surface area contributed by atoms with Crippen LogP contribution in [0.3, 0.4) is 0 Å². The summed E-state index contributed by atoms with van der Waals surface area (Å²) in [5.74, 6) is -0.0288. The summed E-state index contributed by atoms with van der Waals surface area (Å²) in [6.07, 6.45) is 3.28. The zero-order valence-electron chi connectivity index (χ0n) is 11.5. The van der Waals surface area contributed by atoms with Crippen LogP contribution in [0.2, 0.25) is 0 Å². The minimum absolute atomic E-state index is 0.0288. The highest BCUT2D eigenvalue weighted by molar-refractivity contribution is 7.10. The van der Waals surface area contributed by atoms with Gasteiger partial charge in [0, 0.05) is 16.1 Å². The Kier molecular flexibility index (Phi) is 3.49. The maximum absolute atomic E-state index is 12.5. The molecule has 0 aliphatic heterocycles. The minimum atomic E-state index is -0.0288. The quantitative estimate of drug-likeness (QED) is 0.831. The Hall–Kier alpha value is -1.81. The molecular weight excluding hydrogens is 268 g/mol. The number of fused-ring (bicyclic) bond motifs is 1. The largest absolute Gasteiger partial charge is 0.399 e. The third kappa shape index (κ3) is 2.43. The van der Waals surface area contributed by atoms with E-state index in [-0.39, 0.29) is 11.9 Å². The van der Waals surface area contributed by atoms with Gasteiger partial charge in [-0.3, -0.25) is 4.79 Å². The summed E-state index contributed by atoms with van der Waals surface area (Å²) in [6, 6.07) is 7.74. The van der Waals surface area contributed by atoms with E-state index in [1.54, 1.807) is 17.4 Å². The molecule has 3 N–H and O–H groups in total. The van der Waals surface area contributed by atoms with Gasteiger partial charge in [-0.1, -0.05) is 6.07 Å². The predicted octanol–water partition coefficient (Wildman–Crippen LogP) is 3.45. The predicted molar refractivity (Wildman–Crippen MR) is 83.1 cm³/mol. The molecule has 1 aliphatic carbocycles. The number of hydrogen-bond donors (Lipinski definition) is 2. The molecule has 104 valence electrons. The van der Waals surface area contributed by atoms with Gasteiger partial charge in [0.25, 0.3) is 5.91 Å². The van der Waals surface area contributed by atoms with Crippen molar-refractivity contribution >= 4 is 22.9 Å². The number of nitrogen functional groups attached to an aromatic ring is 1. The molecule has 1 unspecified atom stereocenters. The molecule has 2 aromatic rings. The average Bonchev–Trinajstić information content (AvgIpc) is 2.91. The van der Waals surface area contributed by atoms with Crippen LogP contribution in [0.15, 0.2) is 29.6 Å². The van der Waals surface area contributed by atoms with Gasteiger partial charge in [-0.15, -0.1) is 11.3 Å². The van der Waals surface area contributed by atoms with E-state index in [1.165, 1.54) is 10.4 Å². The molecule has 1 aromatic carbocycles. The lowest BCUT2D eigenvalue weighted by atomic mass is 9.93. The molecule has 3 rings (SSSR count). The smallest absolute Gasteiger partial charge is 0.252 e. The van der Waals surface area contributed by atoms with Crippen molar-refractivity contribution < 1.29 is 4.79 Å². The van der Waals surface area contributed by atoms with Gasteiger partial charge in [0.15, 0.2) is 0 Å². The number of carbonyl (C=O) groups excluding carboxylic acids is 1. The van der Waals surface area contributed by atoms with Crippen molar-refractivity contribution in [1.82, 2.24) is 5.32 Å². The van der Waals surface area contributed by atoms with Crippen molar-refractivity contribution in [2.75, 3.05) is 5.73 Å². The van der Waals surface area contributed by atoms with Crippen molar-refractivity contribution in [2.45, 2.75) is 32.2 Å². The van der Waals surface area contributed by atoms with Gasteiger partial charge in [-0.05, 0) is 60.9 Å². The fraction of sp³-hybridized carbons (Fsp3) is 0.312. The van der Waals surface area contributed by atoms with Crippen LogP contribution in [-0.2, 0) is 6.42 Å². The van der Waals surface area contributed by atoms with E-state index in [2.05, 4.69) is 16.8 Å². The highest BCUT2D eigenvalue weighted by Crippen LogP contribution is 2.33. The lowest BCUT2D eigenvalue weighted by molar-refractivity contribution is 0.0932. The van der Waals surface area contributed by atoms with Crippen LogP contribution in [0.25, 0.3) is 0 Å².